The summed E-state index contributed by atoms with van der Waals surface area (Å²) in [5.41, 5.74) is 27.9. The molecule has 0 unspecified atom stereocenters. The maximum absolute atomic E-state index is 4.79. The maximum Gasteiger partial charge on any atom is 0.0774 e. The van der Waals surface area contributed by atoms with Crippen molar-refractivity contribution in [1.82, 2.24) is 43.6 Å². The van der Waals surface area contributed by atoms with Crippen LogP contribution in [-0.4, -0.2) is 43.6 Å². The Labute approximate surface area is 753 Å². The predicted molar refractivity (Wildman–Crippen MR) is 489 cm³/mol. The Bertz CT molecular complexity index is 6090. The van der Waals surface area contributed by atoms with Crippen LogP contribution >= 0.6 is 0 Å². The van der Waals surface area contributed by atoms with Crippen molar-refractivity contribution in [3.8, 4) is 107 Å². The van der Waals surface area contributed by atoms with E-state index in [0.29, 0.717) is 23.9 Å². The van der Waals surface area contributed by atoms with Gasteiger partial charge < -0.3 is 28.7 Å². The Morgan fingerprint density at radius 1 is 0.256 bits per heavy atom. The van der Waals surface area contributed by atoms with Gasteiger partial charge in [0.2, 0.25) is 0 Å². The Morgan fingerprint density at radius 2 is 0.537 bits per heavy atom. The molecule has 0 aliphatic carbocycles. The molecule has 3 radical (unpaired) electrons. The van der Waals surface area contributed by atoms with Gasteiger partial charge in [0, 0.05) is 96.7 Å². The van der Waals surface area contributed by atoms with E-state index < -0.39 is 0 Å². The molecule has 121 heavy (non-hydrogen) atoms. The second kappa shape index (κ2) is 44.1. The predicted octanol–water partition coefficient (Wildman–Crippen LogP) is 27.9. The normalized spacial score (nSPS) is 10.6. The van der Waals surface area contributed by atoms with Gasteiger partial charge in [0.05, 0.1) is 50.6 Å². The second-order valence-electron chi connectivity index (χ2n) is 29.7. The van der Waals surface area contributed by atoms with Gasteiger partial charge >= 0.3 is 0 Å². The fourth-order valence-corrected chi connectivity index (χ4v) is 14.0. The third kappa shape index (κ3) is 23.0. The van der Waals surface area contributed by atoms with E-state index in [4.69, 9.17) is 15.0 Å². The number of aromatic nitrogens is 9. The van der Waals surface area contributed by atoms with Crippen molar-refractivity contribution in [2.45, 2.75) is 86.2 Å². The average Bonchev–Trinajstić information content (AvgIpc) is 1.63. The molecule has 0 aliphatic rings. The number of nitrogens with zero attached hydrogens (tertiary/aromatic N) is 9. The van der Waals surface area contributed by atoms with Crippen molar-refractivity contribution >= 4 is 33.1 Å². The zero-order chi connectivity index (χ0) is 81.5. The number of hydrogen-bond acceptors (Lipinski definition) is 6. The third-order valence-electron chi connectivity index (χ3n) is 20.1. The van der Waals surface area contributed by atoms with Crippen LogP contribution in [0.5, 0.6) is 0 Å². The Balaban J connectivity index is 0.000000141. The number of imidazole rings is 3. The first-order chi connectivity index (χ1) is 57.8. The molecule has 0 aliphatic heterocycles. The van der Waals surface area contributed by atoms with Gasteiger partial charge in [-0.1, -0.05) is 179 Å². The molecule has 607 valence electrons. The number of fused-ring (bicyclic) bond motifs is 3. The average molecular weight is 2110 g/mol. The number of pyridine rings is 3. The molecule has 0 bridgehead atoms. The molecule has 0 amide bonds. The summed E-state index contributed by atoms with van der Waals surface area (Å²) in [4.78, 5) is 27.6. The zero-order valence-electron chi connectivity index (χ0n) is 69.1. The first kappa shape index (κ1) is 89.5. The molecule has 0 fully saturated rings. The maximum atomic E-state index is 4.79. The van der Waals surface area contributed by atoms with Crippen molar-refractivity contribution in [2.24, 2.45) is 0 Å². The van der Waals surface area contributed by atoms with Gasteiger partial charge in [-0.3, -0.25) is 15.0 Å². The zero-order valence-corrected chi connectivity index (χ0v) is 76.3. The van der Waals surface area contributed by atoms with Crippen molar-refractivity contribution in [2.75, 3.05) is 0 Å². The van der Waals surface area contributed by atoms with Crippen molar-refractivity contribution in [3.05, 3.63) is 430 Å². The molecule has 9 nitrogen and oxygen atoms in total. The molecular formula is C109H93Ir3N9-6. The van der Waals surface area contributed by atoms with Crippen molar-refractivity contribution in [1.29, 1.82) is 0 Å². The Kier molecular flexibility index (Phi) is 32.6. The standard InChI is InChI=1S/2C20H18N.C19H13N2.C18H14N.2C16H15N2.3Ir/c2*1-15(2)16-8-10-17(11-9-16)19-12-13-21-20(14-19)18-6-4-3-5-7-18;1-3-9-15(10-4-1)19-20-17-13-7-8-14-18(17)21(19)16-11-5-2-6-12-16;1-14-7-9-15(10-8-14)17-11-12-19-18(13-17)16-5-3-2-4-6-16;2*1-12(2)18-15-11-7-6-10-14(15)17-16(18)13-8-4-3-5-9-13;;;/h2*3-6,8-15H,1-2H3;1-9,11-14H;2-5,7-13H,1H3;2*3-8,10-12H,1-2H3;;;/q6*-1;;;. The van der Waals surface area contributed by atoms with Gasteiger partial charge in [0.1, 0.15) is 0 Å². The van der Waals surface area contributed by atoms with Gasteiger partial charge in [-0.25, -0.2) is 0 Å². The minimum atomic E-state index is 0. The van der Waals surface area contributed by atoms with Crippen LogP contribution in [-0.2, 0) is 60.3 Å². The van der Waals surface area contributed by atoms with Crippen molar-refractivity contribution < 1.29 is 60.3 Å². The first-order valence-electron chi connectivity index (χ1n) is 40.2. The minimum absolute atomic E-state index is 0. The van der Waals surface area contributed by atoms with E-state index in [0.717, 1.165) is 95.7 Å². The molecular weight excluding hydrogens is 2010 g/mol. The molecule has 6 heterocycles. The summed E-state index contributed by atoms with van der Waals surface area (Å²) < 4.78 is 6.71. The van der Waals surface area contributed by atoms with Gasteiger partial charge in [0.25, 0.3) is 0 Å². The monoisotopic (exact) mass is 2110 g/mol. The van der Waals surface area contributed by atoms with Crippen molar-refractivity contribution in [3.63, 3.8) is 0 Å². The number of para-hydroxylation sites is 7. The second-order valence-corrected chi connectivity index (χ2v) is 29.7. The van der Waals surface area contributed by atoms with Crippen LogP contribution in [0.4, 0.5) is 0 Å². The summed E-state index contributed by atoms with van der Waals surface area (Å²) in [5, 5.41) is 0. The third-order valence-corrected chi connectivity index (χ3v) is 20.1. The summed E-state index contributed by atoms with van der Waals surface area (Å²) in [6, 6.07) is 142. The summed E-state index contributed by atoms with van der Waals surface area (Å²) in [6.45, 7) is 19.7. The van der Waals surface area contributed by atoms with Gasteiger partial charge in [-0.15, -0.1) is 215 Å². The van der Waals surface area contributed by atoms with Gasteiger partial charge in [-0.05, 0) is 175 Å². The molecule has 0 atom stereocenters. The van der Waals surface area contributed by atoms with Crippen LogP contribution in [0.25, 0.3) is 140 Å². The SMILES string of the molecule is CC(C)c1ccc(-c2ccnc(-c3[c-]cccc3)c2)cc1.CC(C)c1ccc(-c2ccnc(-c3[c-]cccc3)c2)cc1.CC(C)n1c(-c2[c-]cccc2)nc2ccccc21.CC(C)n1c(-c2[c-]cccc2)nc2ccccc21.Cc1ccc(-c2ccnc(-c3[c-]cccc3)c2)cc1.[Ir].[Ir].[Ir].[c-]1ccccc1-c1nc2ccccc2n1-c1ccccc1. The summed E-state index contributed by atoms with van der Waals surface area (Å²) in [7, 11) is 0. The summed E-state index contributed by atoms with van der Waals surface area (Å²) in [5.74, 6) is 4.03. The number of benzene rings is 13. The number of rotatable bonds is 14. The molecule has 0 N–H and O–H groups in total. The van der Waals surface area contributed by atoms with Crippen LogP contribution in [0.2, 0.25) is 0 Å². The van der Waals surface area contributed by atoms with E-state index in [1.54, 1.807) is 0 Å². The Hall–Kier alpha value is -12.3. The fraction of sp³-hybridized carbons (Fsp3) is 0.119. The summed E-state index contributed by atoms with van der Waals surface area (Å²) in [6.07, 6.45) is 5.58. The van der Waals surface area contributed by atoms with E-state index >= 15 is 0 Å². The summed E-state index contributed by atoms with van der Waals surface area (Å²) >= 11 is 0. The molecule has 0 saturated carbocycles. The van der Waals surface area contributed by atoms with Crippen LogP contribution in [0, 0.1) is 43.3 Å². The molecule has 13 aromatic carbocycles. The van der Waals surface area contributed by atoms with Crippen LogP contribution < -0.4 is 0 Å². The van der Waals surface area contributed by atoms with E-state index in [1.807, 2.05) is 207 Å². The Morgan fingerprint density at radius 3 is 0.860 bits per heavy atom. The molecule has 0 spiro atoms. The topological polar surface area (TPSA) is 92.1 Å². The van der Waals surface area contributed by atoms with E-state index in [2.05, 4.69) is 297 Å². The van der Waals surface area contributed by atoms with Gasteiger partial charge in [0.15, 0.2) is 0 Å². The van der Waals surface area contributed by atoms with E-state index in [-0.39, 0.29) is 60.3 Å². The van der Waals surface area contributed by atoms with E-state index in [9.17, 15) is 0 Å². The molecule has 12 heteroatoms. The first-order valence-corrected chi connectivity index (χ1v) is 40.2. The number of aryl methyl sites for hydroxylation is 1. The van der Waals surface area contributed by atoms with E-state index in [1.165, 1.54) is 61.1 Å². The molecule has 19 rings (SSSR count). The fourth-order valence-electron chi connectivity index (χ4n) is 14.0. The smallest absolute Gasteiger partial charge is 0.0774 e. The van der Waals surface area contributed by atoms with Gasteiger partial charge in [-0.2, -0.15) is 0 Å². The quantitative estimate of drug-likeness (QED) is 0.101. The molecule has 0 saturated heterocycles. The van der Waals surface area contributed by atoms with Crippen LogP contribution in [0.1, 0.15) is 96.0 Å². The molecule has 19 aromatic rings. The van der Waals surface area contributed by atoms with Crippen LogP contribution in [0.3, 0.4) is 0 Å². The largest absolute Gasteiger partial charge is 0.362 e. The number of hydrogen-bond donors (Lipinski definition) is 0. The minimum Gasteiger partial charge on any atom is -0.362 e. The van der Waals surface area contributed by atoms with Crippen LogP contribution in [0.15, 0.2) is 377 Å². The molecule has 6 aromatic heterocycles.